The van der Waals surface area contributed by atoms with Crippen LogP contribution in [0.1, 0.15) is 44.6 Å². The summed E-state index contributed by atoms with van der Waals surface area (Å²) in [4.78, 5) is 0.329. The first-order valence-electron chi connectivity index (χ1n) is 10.5. The van der Waals surface area contributed by atoms with Crippen LogP contribution in [0.3, 0.4) is 0 Å². The van der Waals surface area contributed by atoms with E-state index in [4.69, 9.17) is 4.42 Å². The van der Waals surface area contributed by atoms with Crippen LogP contribution in [-0.2, 0) is 10.0 Å². The molecule has 0 amide bonds. The predicted octanol–water partition coefficient (Wildman–Crippen LogP) is 5.20. The Labute approximate surface area is 192 Å². The first kappa shape index (κ1) is 23.8. The molecule has 0 N–H and O–H groups in total. The van der Waals surface area contributed by atoms with Gasteiger partial charge in [0, 0.05) is 0 Å². The fraction of sp³-hybridized carbons (Fsp3) is 0.360. The normalized spacial score (nSPS) is 13.5. The van der Waals surface area contributed by atoms with Crippen molar-refractivity contribution in [3.05, 3.63) is 84.3 Å². The number of nitrogens with zero attached hydrogens (tertiary/aromatic N) is 1. The first-order chi connectivity index (χ1) is 14.7. The number of hydrogen-bond donors (Lipinski definition) is 0. The van der Waals surface area contributed by atoms with Crippen LogP contribution < -0.4 is 4.46 Å². The Hall–Kier alpha value is -1.85. The van der Waals surface area contributed by atoms with Crippen molar-refractivity contribution in [1.29, 1.82) is 0 Å². The summed E-state index contributed by atoms with van der Waals surface area (Å²) in [7, 11) is -3.69. The van der Waals surface area contributed by atoms with Gasteiger partial charge < -0.3 is 0 Å². The van der Waals surface area contributed by atoms with Crippen LogP contribution in [-0.4, -0.2) is 34.2 Å². The van der Waals surface area contributed by atoms with E-state index in [0.29, 0.717) is 23.6 Å². The SMILES string of the molecule is Cc1ccc(S(=O)(=O)N(CC[Se]c2ccccc2)[C@H](CC(C)(C)C)c2ccco2)cc1. The van der Waals surface area contributed by atoms with Crippen LogP contribution in [0.15, 0.2) is 82.3 Å². The molecule has 0 saturated heterocycles. The molecule has 1 atom stereocenters. The van der Waals surface area contributed by atoms with Crippen LogP contribution in [0.5, 0.6) is 0 Å². The fourth-order valence-electron chi connectivity index (χ4n) is 3.46. The molecule has 0 unspecified atom stereocenters. The Kier molecular flexibility index (Phi) is 7.82. The molecule has 166 valence electrons. The van der Waals surface area contributed by atoms with Gasteiger partial charge in [0.1, 0.15) is 0 Å². The van der Waals surface area contributed by atoms with Crippen molar-refractivity contribution in [2.45, 2.75) is 50.4 Å². The average Bonchev–Trinajstić information content (AvgIpc) is 3.25. The number of sulfonamides is 1. The van der Waals surface area contributed by atoms with E-state index in [1.54, 1.807) is 22.7 Å². The molecule has 3 rings (SSSR count). The minimum absolute atomic E-state index is 0.0664. The number of rotatable bonds is 9. The Bertz CT molecular complexity index is 1040. The molecule has 6 heteroatoms. The van der Waals surface area contributed by atoms with Crippen LogP contribution in [0.25, 0.3) is 0 Å². The summed E-state index contributed by atoms with van der Waals surface area (Å²) in [6.45, 7) is 8.81. The van der Waals surface area contributed by atoms with Gasteiger partial charge in [-0.3, -0.25) is 0 Å². The third-order valence-corrected chi connectivity index (χ3v) is 8.98. The predicted molar refractivity (Wildman–Crippen MR) is 127 cm³/mol. The molecule has 0 radical (unpaired) electrons. The molecule has 1 heterocycles. The van der Waals surface area contributed by atoms with E-state index >= 15 is 0 Å². The Balaban J connectivity index is 1.96. The Morgan fingerprint density at radius 1 is 0.968 bits per heavy atom. The van der Waals surface area contributed by atoms with Crippen LogP contribution >= 0.6 is 0 Å². The van der Waals surface area contributed by atoms with Crippen molar-refractivity contribution in [3.8, 4) is 0 Å². The molecule has 0 bridgehead atoms. The number of hydrogen-bond acceptors (Lipinski definition) is 3. The standard InChI is InChI=1S/C25H31NO3SSe/c1-20-12-14-21(15-13-20)30(27,28)26(16-18-31-22-9-6-5-7-10-22)23(19-25(2,3)4)24-11-8-17-29-24/h5-15,17,23H,16,18-19H2,1-4H3/t23-/m1/s1. The zero-order chi connectivity index (χ0) is 22.5. The second-order valence-corrected chi connectivity index (χ2v) is 13.2. The quantitative estimate of drug-likeness (QED) is 0.376. The van der Waals surface area contributed by atoms with Crippen molar-refractivity contribution < 1.29 is 12.8 Å². The van der Waals surface area contributed by atoms with E-state index in [9.17, 15) is 8.42 Å². The number of benzene rings is 2. The van der Waals surface area contributed by atoms with E-state index in [2.05, 4.69) is 32.9 Å². The molecule has 0 fully saturated rings. The van der Waals surface area contributed by atoms with E-state index in [1.165, 1.54) is 4.46 Å². The van der Waals surface area contributed by atoms with Gasteiger partial charge in [0.05, 0.1) is 0 Å². The van der Waals surface area contributed by atoms with Gasteiger partial charge in [-0.2, -0.15) is 0 Å². The summed E-state index contributed by atoms with van der Waals surface area (Å²) >= 11 is 0.192. The monoisotopic (exact) mass is 505 g/mol. The summed E-state index contributed by atoms with van der Waals surface area (Å²) in [5, 5.41) is 0.795. The summed E-state index contributed by atoms with van der Waals surface area (Å²) in [6, 6.07) is 20.8. The topological polar surface area (TPSA) is 50.5 Å². The van der Waals surface area contributed by atoms with Gasteiger partial charge in [0.25, 0.3) is 0 Å². The second-order valence-electron chi connectivity index (χ2n) is 8.89. The van der Waals surface area contributed by atoms with Crippen molar-refractivity contribution in [2.75, 3.05) is 6.54 Å². The van der Waals surface area contributed by atoms with E-state index in [1.807, 2.05) is 49.4 Å². The number of furan rings is 1. The molecule has 0 saturated carbocycles. The maximum absolute atomic E-state index is 13.8. The molecule has 4 nitrogen and oxygen atoms in total. The zero-order valence-corrected chi connectivity index (χ0v) is 21.1. The Morgan fingerprint density at radius 2 is 1.65 bits per heavy atom. The van der Waals surface area contributed by atoms with Gasteiger partial charge >= 0.3 is 193 Å². The second kappa shape index (κ2) is 10.2. The molecule has 3 aromatic rings. The van der Waals surface area contributed by atoms with E-state index < -0.39 is 10.0 Å². The van der Waals surface area contributed by atoms with Crippen molar-refractivity contribution in [3.63, 3.8) is 0 Å². The molecule has 0 aliphatic heterocycles. The van der Waals surface area contributed by atoms with Gasteiger partial charge in [0.15, 0.2) is 0 Å². The zero-order valence-electron chi connectivity index (χ0n) is 18.6. The van der Waals surface area contributed by atoms with Gasteiger partial charge in [-0.1, -0.05) is 0 Å². The summed E-state index contributed by atoms with van der Waals surface area (Å²) < 4.78 is 36.3. The molecule has 31 heavy (non-hydrogen) atoms. The molecular formula is C25H31NO3SSe. The van der Waals surface area contributed by atoms with Crippen molar-refractivity contribution >= 4 is 29.4 Å². The van der Waals surface area contributed by atoms with Gasteiger partial charge in [0.2, 0.25) is 0 Å². The molecule has 2 aromatic carbocycles. The van der Waals surface area contributed by atoms with Crippen molar-refractivity contribution in [2.24, 2.45) is 5.41 Å². The molecule has 0 aliphatic carbocycles. The molecule has 1 aromatic heterocycles. The first-order valence-corrected chi connectivity index (χ1v) is 14.0. The van der Waals surface area contributed by atoms with Gasteiger partial charge in [-0.25, -0.2) is 0 Å². The maximum atomic E-state index is 13.8. The molecular weight excluding hydrogens is 473 g/mol. The minimum atomic E-state index is -3.69. The van der Waals surface area contributed by atoms with E-state index in [0.717, 1.165) is 10.9 Å². The number of aryl methyl sites for hydroxylation is 1. The van der Waals surface area contributed by atoms with Crippen LogP contribution in [0.4, 0.5) is 0 Å². The molecule has 0 spiro atoms. The Morgan fingerprint density at radius 3 is 2.23 bits per heavy atom. The summed E-state index contributed by atoms with van der Waals surface area (Å²) in [6.07, 6.45) is 2.29. The van der Waals surface area contributed by atoms with Gasteiger partial charge in [-0.05, 0) is 0 Å². The third-order valence-electron chi connectivity index (χ3n) is 4.98. The summed E-state index contributed by atoms with van der Waals surface area (Å²) in [5.41, 5.74) is 0.971. The summed E-state index contributed by atoms with van der Waals surface area (Å²) in [5.74, 6) is 0.692. The van der Waals surface area contributed by atoms with Crippen LogP contribution in [0, 0.1) is 12.3 Å². The fourth-order valence-corrected chi connectivity index (χ4v) is 7.15. The average molecular weight is 505 g/mol. The van der Waals surface area contributed by atoms with Crippen LogP contribution in [0.2, 0.25) is 5.32 Å². The van der Waals surface area contributed by atoms with Crippen molar-refractivity contribution in [1.82, 2.24) is 4.31 Å². The van der Waals surface area contributed by atoms with Gasteiger partial charge in [-0.15, -0.1) is 0 Å². The third kappa shape index (κ3) is 6.56. The molecule has 0 aliphatic rings. The van der Waals surface area contributed by atoms with E-state index in [-0.39, 0.29) is 26.4 Å².